The van der Waals surface area contributed by atoms with Crippen molar-refractivity contribution in [3.63, 3.8) is 0 Å². The van der Waals surface area contributed by atoms with Gasteiger partial charge in [-0.1, -0.05) is 33.5 Å². The van der Waals surface area contributed by atoms with Crippen molar-refractivity contribution in [1.82, 2.24) is 0 Å². The van der Waals surface area contributed by atoms with Gasteiger partial charge in [-0.2, -0.15) is 0 Å². The van der Waals surface area contributed by atoms with Gasteiger partial charge in [-0.05, 0) is 25.4 Å². The Hall–Kier alpha value is 0.807. The molecule has 3 nitrogen and oxygen atoms in total. The van der Waals surface area contributed by atoms with E-state index in [0.717, 1.165) is 20.7 Å². The van der Waals surface area contributed by atoms with Crippen LogP contribution in [0.3, 0.4) is 0 Å². The standard InChI is InChI=1S/C13H29O3PS2Si/c1-8-15-17(14,16-9-2)12(20(5,6)7)13(18-10-3)19-11-4/h8-11H2,1-7H3. The van der Waals surface area contributed by atoms with Gasteiger partial charge in [-0.3, -0.25) is 4.57 Å². The van der Waals surface area contributed by atoms with Crippen molar-refractivity contribution < 1.29 is 13.6 Å². The van der Waals surface area contributed by atoms with Gasteiger partial charge in [-0.25, -0.2) is 0 Å². The van der Waals surface area contributed by atoms with Crippen molar-refractivity contribution in [2.45, 2.75) is 47.3 Å². The van der Waals surface area contributed by atoms with Gasteiger partial charge in [0.25, 0.3) is 0 Å². The lowest BCUT2D eigenvalue weighted by molar-refractivity contribution is 0.227. The van der Waals surface area contributed by atoms with Crippen molar-refractivity contribution in [3.8, 4) is 0 Å². The van der Waals surface area contributed by atoms with Gasteiger partial charge in [-0.15, -0.1) is 23.5 Å². The fourth-order valence-corrected chi connectivity index (χ4v) is 12.5. The first-order valence-electron chi connectivity index (χ1n) is 7.16. The van der Waals surface area contributed by atoms with E-state index >= 15 is 0 Å². The highest BCUT2D eigenvalue weighted by atomic mass is 32.2. The van der Waals surface area contributed by atoms with E-state index in [1.807, 2.05) is 13.8 Å². The normalized spacial score (nSPS) is 12.6. The fourth-order valence-electron chi connectivity index (χ4n) is 1.78. The van der Waals surface area contributed by atoms with E-state index in [1.165, 1.54) is 0 Å². The number of rotatable bonds is 10. The highest BCUT2D eigenvalue weighted by molar-refractivity contribution is 8.22. The lowest BCUT2D eigenvalue weighted by atomic mass is 10.9. The van der Waals surface area contributed by atoms with E-state index in [-0.39, 0.29) is 0 Å². The highest BCUT2D eigenvalue weighted by Gasteiger charge is 2.41. The van der Waals surface area contributed by atoms with Crippen LogP contribution in [0.2, 0.25) is 19.6 Å². The SMILES string of the molecule is CCOP(=O)(OCC)C(=C(SCC)SCC)[Si](C)(C)C. The summed E-state index contributed by atoms with van der Waals surface area (Å²) in [4.78, 5) is 0.965. The van der Waals surface area contributed by atoms with Crippen molar-refractivity contribution in [3.05, 3.63) is 9.17 Å². The molecule has 0 radical (unpaired) electrons. The number of hydrogen-bond acceptors (Lipinski definition) is 5. The zero-order valence-electron chi connectivity index (χ0n) is 13.8. The van der Waals surface area contributed by atoms with Crippen LogP contribution < -0.4 is 0 Å². The molecule has 0 heterocycles. The van der Waals surface area contributed by atoms with Crippen molar-refractivity contribution >= 4 is 39.2 Å². The predicted octanol–water partition coefficient (Wildman–Crippen LogP) is 5.81. The summed E-state index contributed by atoms with van der Waals surface area (Å²) >= 11 is 3.52. The Kier molecular flexibility index (Phi) is 10.1. The zero-order chi connectivity index (χ0) is 15.8. The molecule has 0 N–H and O–H groups in total. The third kappa shape index (κ3) is 6.28. The monoisotopic (exact) mass is 356 g/mol. The molecule has 0 aliphatic heterocycles. The molecule has 120 valence electrons. The molecule has 0 aliphatic rings. The maximum atomic E-state index is 13.3. The summed E-state index contributed by atoms with van der Waals surface area (Å²) in [5, 5.41) is 0. The maximum Gasteiger partial charge on any atom is 0.354 e. The van der Waals surface area contributed by atoms with Crippen LogP contribution in [0.25, 0.3) is 0 Å². The Bertz CT molecular complexity index is 349. The summed E-state index contributed by atoms with van der Waals surface area (Å²) in [7, 11) is -4.98. The van der Waals surface area contributed by atoms with E-state index in [4.69, 9.17) is 9.05 Å². The van der Waals surface area contributed by atoms with E-state index < -0.39 is 15.7 Å². The molecule has 7 heteroatoms. The molecule has 0 aromatic rings. The molecule has 0 rings (SSSR count). The maximum absolute atomic E-state index is 13.3. The van der Waals surface area contributed by atoms with Crippen LogP contribution in [0.1, 0.15) is 27.7 Å². The number of hydrogen-bond donors (Lipinski definition) is 0. The average molecular weight is 357 g/mol. The Labute approximate surface area is 134 Å². The largest absolute Gasteiger partial charge is 0.354 e. The van der Waals surface area contributed by atoms with E-state index in [0.29, 0.717) is 13.2 Å². The topological polar surface area (TPSA) is 35.5 Å². The highest BCUT2D eigenvalue weighted by Crippen LogP contribution is 2.62. The summed E-state index contributed by atoms with van der Waals surface area (Å²) in [5.41, 5.74) is 0. The molecule has 0 unspecified atom stereocenters. The second kappa shape index (κ2) is 9.75. The summed E-state index contributed by atoms with van der Waals surface area (Å²) in [6.07, 6.45) is 0. The smallest absolute Gasteiger partial charge is 0.306 e. The molecule has 0 amide bonds. The Morgan fingerprint density at radius 1 is 0.950 bits per heavy atom. The van der Waals surface area contributed by atoms with Crippen molar-refractivity contribution in [2.24, 2.45) is 0 Å². The van der Waals surface area contributed by atoms with Gasteiger partial charge in [0.1, 0.15) is 0 Å². The van der Waals surface area contributed by atoms with Gasteiger partial charge in [0, 0.05) is 9.17 Å². The minimum Gasteiger partial charge on any atom is -0.306 e. The number of thioether (sulfide) groups is 2. The summed E-state index contributed by atoms with van der Waals surface area (Å²) in [5.74, 6) is 1.93. The van der Waals surface area contributed by atoms with Crippen LogP contribution in [-0.4, -0.2) is 32.8 Å². The molecule has 0 spiro atoms. The minimum absolute atomic E-state index is 0.409. The van der Waals surface area contributed by atoms with E-state index in [2.05, 4.69) is 33.5 Å². The van der Waals surface area contributed by atoms with Crippen LogP contribution in [0.4, 0.5) is 0 Å². The lowest BCUT2D eigenvalue weighted by Gasteiger charge is -2.30. The molecule has 0 saturated heterocycles. The average Bonchev–Trinajstić information content (AvgIpc) is 2.28. The lowest BCUT2D eigenvalue weighted by Crippen LogP contribution is -2.26. The summed E-state index contributed by atoms with van der Waals surface area (Å²) < 4.78 is 25.6. The third-order valence-corrected chi connectivity index (χ3v) is 11.7. The second-order valence-electron chi connectivity index (χ2n) is 5.09. The first-order valence-corrected chi connectivity index (χ1v) is 14.2. The van der Waals surface area contributed by atoms with Crippen LogP contribution >= 0.6 is 31.1 Å². The fraction of sp³-hybridized carbons (Fsp3) is 0.846. The molecule has 0 aromatic heterocycles. The predicted molar refractivity (Wildman–Crippen MR) is 97.5 cm³/mol. The van der Waals surface area contributed by atoms with E-state index in [9.17, 15) is 4.57 Å². The summed E-state index contributed by atoms with van der Waals surface area (Å²) in [6, 6.07) is 0. The van der Waals surface area contributed by atoms with E-state index in [1.54, 1.807) is 23.5 Å². The van der Waals surface area contributed by atoms with Gasteiger partial charge >= 0.3 is 7.60 Å². The zero-order valence-corrected chi connectivity index (χ0v) is 17.3. The molecule has 0 aromatic carbocycles. The van der Waals surface area contributed by atoms with Crippen LogP contribution in [-0.2, 0) is 13.6 Å². The van der Waals surface area contributed by atoms with Gasteiger partial charge in [0.15, 0.2) is 0 Å². The second-order valence-corrected chi connectivity index (χ2v) is 15.3. The quantitative estimate of drug-likeness (QED) is 0.365. The Balaban J connectivity index is 5.95. The Morgan fingerprint density at radius 3 is 1.60 bits per heavy atom. The molecule has 20 heavy (non-hydrogen) atoms. The summed E-state index contributed by atoms with van der Waals surface area (Å²) in [6.45, 7) is 15.4. The van der Waals surface area contributed by atoms with Gasteiger partial charge in [0.05, 0.1) is 21.3 Å². The molecule has 0 fully saturated rings. The first kappa shape index (κ1) is 20.8. The molecular weight excluding hydrogens is 327 g/mol. The molecule has 0 aliphatic carbocycles. The third-order valence-electron chi connectivity index (χ3n) is 2.33. The minimum atomic E-state index is -3.17. The van der Waals surface area contributed by atoms with Gasteiger partial charge in [0.2, 0.25) is 0 Å². The van der Waals surface area contributed by atoms with Crippen LogP contribution in [0.15, 0.2) is 9.17 Å². The molecular formula is C13H29O3PS2Si. The van der Waals surface area contributed by atoms with Gasteiger partial charge < -0.3 is 9.05 Å². The molecule has 0 bridgehead atoms. The van der Waals surface area contributed by atoms with Crippen LogP contribution in [0, 0.1) is 0 Å². The first-order chi connectivity index (χ1) is 9.26. The Morgan fingerprint density at radius 2 is 1.35 bits per heavy atom. The van der Waals surface area contributed by atoms with Crippen LogP contribution in [0.5, 0.6) is 0 Å². The van der Waals surface area contributed by atoms with Crippen molar-refractivity contribution in [2.75, 3.05) is 24.7 Å². The molecule has 0 saturated carbocycles. The van der Waals surface area contributed by atoms with Crippen molar-refractivity contribution in [1.29, 1.82) is 0 Å². The molecule has 0 atom stereocenters.